The Morgan fingerprint density at radius 2 is 1.82 bits per heavy atom. The molecule has 2 aromatic heterocycles. The van der Waals surface area contributed by atoms with E-state index in [1.165, 1.54) is 36.7 Å². The van der Waals surface area contributed by atoms with Crippen LogP contribution >= 0.6 is 12.4 Å². The number of rotatable bonds is 10. The standard InChI is InChI=1S/C26H25F3N8O2.ClH/c1-37(2)10-9-32-26-33-14-18(25(38)35-21-5-3-15(27)11-19(21)28)24(36-26)34-16-4-6-22(20(29)12-16)39-17-7-8-31-23(30)13-17;/h3-8,11-14H,9-10H2,1-2H3,(H2,30,31)(H,35,38)(H2,32,33,34,36);1H. The van der Waals surface area contributed by atoms with Gasteiger partial charge in [-0.05, 0) is 44.4 Å². The average molecular weight is 575 g/mol. The van der Waals surface area contributed by atoms with Crippen LogP contribution in [-0.4, -0.2) is 52.9 Å². The van der Waals surface area contributed by atoms with Gasteiger partial charge in [0.15, 0.2) is 11.6 Å². The van der Waals surface area contributed by atoms with E-state index in [0.717, 1.165) is 18.2 Å². The molecule has 0 unspecified atom stereocenters. The molecule has 4 rings (SSSR count). The van der Waals surface area contributed by atoms with Gasteiger partial charge in [0.2, 0.25) is 5.95 Å². The molecule has 0 aliphatic carbocycles. The summed E-state index contributed by atoms with van der Waals surface area (Å²) in [6, 6.07) is 9.80. The highest BCUT2D eigenvalue weighted by molar-refractivity contribution is 6.07. The van der Waals surface area contributed by atoms with Gasteiger partial charge in [-0.1, -0.05) is 0 Å². The molecule has 40 heavy (non-hydrogen) atoms. The third kappa shape index (κ3) is 7.94. The second-order valence-electron chi connectivity index (χ2n) is 8.55. The molecule has 0 radical (unpaired) electrons. The molecule has 4 aromatic rings. The minimum absolute atomic E-state index is 0. The number of hydrogen-bond donors (Lipinski definition) is 4. The number of nitrogen functional groups attached to an aromatic ring is 1. The Morgan fingerprint density at radius 1 is 1.02 bits per heavy atom. The molecule has 0 atom stereocenters. The summed E-state index contributed by atoms with van der Waals surface area (Å²) in [5.41, 5.74) is 5.58. The SMILES string of the molecule is CN(C)CCNc1ncc(C(=O)Nc2ccc(F)cc2F)c(Nc2ccc(Oc3ccnc(N)c3)c(F)c2)n1.Cl. The first kappa shape index (κ1) is 29.9. The molecule has 0 aliphatic heterocycles. The number of nitrogens with zero attached hydrogens (tertiary/aromatic N) is 4. The lowest BCUT2D eigenvalue weighted by Gasteiger charge is -2.15. The molecule has 0 fully saturated rings. The van der Waals surface area contributed by atoms with Crippen LogP contribution in [0.4, 0.5) is 42.1 Å². The Hall–Kier alpha value is -4.62. The highest BCUT2D eigenvalue weighted by atomic mass is 35.5. The lowest BCUT2D eigenvalue weighted by molar-refractivity contribution is 0.102. The Kier molecular flexibility index (Phi) is 10.1. The van der Waals surface area contributed by atoms with Crippen LogP contribution in [-0.2, 0) is 0 Å². The lowest BCUT2D eigenvalue weighted by Crippen LogP contribution is -2.22. The zero-order valence-corrected chi connectivity index (χ0v) is 22.2. The number of nitrogens with one attached hydrogen (secondary N) is 3. The quantitative estimate of drug-likeness (QED) is 0.205. The van der Waals surface area contributed by atoms with Crippen LogP contribution < -0.4 is 26.4 Å². The van der Waals surface area contributed by atoms with Gasteiger partial charge in [0.1, 0.15) is 34.6 Å². The number of halogens is 4. The van der Waals surface area contributed by atoms with Crippen molar-refractivity contribution in [1.29, 1.82) is 0 Å². The molecule has 0 spiro atoms. The van der Waals surface area contributed by atoms with Crippen molar-refractivity contribution in [2.24, 2.45) is 0 Å². The largest absolute Gasteiger partial charge is 0.454 e. The number of pyridine rings is 1. The summed E-state index contributed by atoms with van der Waals surface area (Å²) in [6.45, 7) is 1.20. The fourth-order valence-electron chi connectivity index (χ4n) is 3.32. The summed E-state index contributed by atoms with van der Waals surface area (Å²) in [4.78, 5) is 27.3. The molecule has 0 bridgehead atoms. The van der Waals surface area contributed by atoms with E-state index in [0.29, 0.717) is 24.9 Å². The van der Waals surface area contributed by atoms with Crippen molar-refractivity contribution in [2.45, 2.75) is 0 Å². The average Bonchev–Trinajstić information content (AvgIpc) is 2.87. The molecule has 5 N–H and O–H groups in total. The van der Waals surface area contributed by atoms with E-state index < -0.39 is 23.4 Å². The molecule has 2 aromatic carbocycles. The van der Waals surface area contributed by atoms with E-state index >= 15 is 0 Å². The van der Waals surface area contributed by atoms with Crippen molar-refractivity contribution in [3.05, 3.63) is 83.9 Å². The predicted octanol–water partition coefficient (Wildman–Crippen LogP) is 5.05. The second kappa shape index (κ2) is 13.4. The van der Waals surface area contributed by atoms with Crippen LogP contribution in [0.3, 0.4) is 0 Å². The van der Waals surface area contributed by atoms with Crippen molar-refractivity contribution >= 4 is 47.3 Å². The third-order valence-corrected chi connectivity index (χ3v) is 5.23. The fraction of sp³-hybridized carbons (Fsp3) is 0.154. The van der Waals surface area contributed by atoms with Gasteiger partial charge in [0, 0.05) is 49.4 Å². The zero-order valence-electron chi connectivity index (χ0n) is 21.4. The molecule has 14 heteroatoms. The smallest absolute Gasteiger partial charge is 0.261 e. The van der Waals surface area contributed by atoms with E-state index in [1.807, 2.05) is 19.0 Å². The summed E-state index contributed by atoms with van der Waals surface area (Å²) >= 11 is 0. The first-order valence-electron chi connectivity index (χ1n) is 11.7. The minimum atomic E-state index is -0.950. The monoisotopic (exact) mass is 574 g/mol. The van der Waals surface area contributed by atoms with Crippen LogP contribution in [0, 0.1) is 17.5 Å². The van der Waals surface area contributed by atoms with Crippen LogP contribution in [0.1, 0.15) is 10.4 Å². The normalized spacial score (nSPS) is 10.6. The number of carbonyl (C=O) groups is 1. The predicted molar refractivity (Wildman–Crippen MR) is 149 cm³/mol. The van der Waals surface area contributed by atoms with E-state index in [1.54, 1.807) is 0 Å². The third-order valence-electron chi connectivity index (χ3n) is 5.23. The number of likely N-dealkylation sites (N-methyl/N-ethyl adjacent to an activating group) is 1. The summed E-state index contributed by atoms with van der Waals surface area (Å²) in [6.07, 6.45) is 2.67. The van der Waals surface area contributed by atoms with E-state index in [4.69, 9.17) is 10.5 Å². The lowest BCUT2D eigenvalue weighted by atomic mass is 10.2. The second-order valence-corrected chi connectivity index (χ2v) is 8.55. The number of nitrogens with two attached hydrogens (primary N) is 1. The van der Waals surface area contributed by atoms with Crippen molar-refractivity contribution in [2.75, 3.05) is 48.9 Å². The highest BCUT2D eigenvalue weighted by Crippen LogP contribution is 2.29. The molecule has 2 heterocycles. The first-order valence-corrected chi connectivity index (χ1v) is 11.7. The first-order chi connectivity index (χ1) is 18.7. The molecule has 0 saturated carbocycles. The summed E-state index contributed by atoms with van der Waals surface area (Å²) in [5, 5.41) is 8.31. The molecule has 210 valence electrons. The van der Waals surface area contributed by atoms with Crippen molar-refractivity contribution in [1.82, 2.24) is 19.9 Å². The van der Waals surface area contributed by atoms with Gasteiger partial charge in [-0.3, -0.25) is 4.79 Å². The summed E-state index contributed by atoms with van der Waals surface area (Å²) in [7, 11) is 3.81. The van der Waals surface area contributed by atoms with Crippen LogP contribution in [0.2, 0.25) is 0 Å². The van der Waals surface area contributed by atoms with Crippen molar-refractivity contribution in [3.63, 3.8) is 0 Å². The summed E-state index contributed by atoms with van der Waals surface area (Å²) in [5.74, 6) is -2.52. The van der Waals surface area contributed by atoms with E-state index in [9.17, 15) is 18.0 Å². The Bertz CT molecular complexity index is 1490. The van der Waals surface area contributed by atoms with Gasteiger partial charge < -0.3 is 31.3 Å². The van der Waals surface area contributed by atoms with Crippen molar-refractivity contribution in [3.8, 4) is 11.5 Å². The molecule has 1 amide bonds. The number of benzene rings is 2. The topological polar surface area (TPSA) is 130 Å². The molecule has 10 nitrogen and oxygen atoms in total. The Balaban J connectivity index is 0.00000441. The fourth-order valence-corrected chi connectivity index (χ4v) is 3.32. The number of aromatic nitrogens is 3. The Morgan fingerprint density at radius 3 is 2.52 bits per heavy atom. The van der Waals surface area contributed by atoms with Crippen molar-refractivity contribution < 1.29 is 22.7 Å². The van der Waals surface area contributed by atoms with Crippen LogP contribution in [0.5, 0.6) is 11.5 Å². The van der Waals surface area contributed by atoms with Gasteiger partial charge in [0.25, 0.3) is 5.91 Å². The zero-order chi connectivity index (χ0) is 27.9. The Labute approximate surface area is 234 Å². The molecular weight excluding hydrogens is 549 g/mol. The number of ether oxygens (including phenoxy) is 1. The van der Waals surface area contributed by atoms with Gasteiger partial charge >= 0.3 is 0 Å². The van der Waals surface area contributed by atoms with E-state index in [2.05, 4.69) is 30.9 Å². The molecule has 0 aliphatic rings. The maximum absolute atomic E-state index is 14.9. The van der Waals surface area contributed by atoms with Crippen LogP contribution in [0.25, 0.3) is 0 Å². The minimum Gasteiger partial charge on any atom is -0.454 e. The van der Waals surface area contributed by atoms with Gasteiger partial charge in [-0.2, -0.15) is 4.98 Å². The highest BCUT2D eigenvalue weighted by Gasteiger charge is 2.18. The summed E-state index contributed by atoms with van der Waals surface area (Å²) < 4.78 is 47.8. The van der Waals surface area contributed by atoms with Gasteiger partial charge in [-0.15, -0.1) is 12.4 Å². The molecule has 0 saturated heterocycles. The van der Waals surface area contributed by atoms with E-state index in [-0.39, 0.29) is 52.7 Å². The molecular formula is C26H26ClF3N8O2. The maximum atomic E-state index is 14.9. The van der Waals surface area contributed by atoms with Gasteiger partial charge in [0.05, 0.1) is 5.69 Å². The maximum Gasteiger partial charge on any atom is 0.261 e. The van der Waals surface area contributed by atoms with Crippen LogP contribution in [0.15, 0.2) is 60.9 Å². The number of amides is 1. The van der Waals surface area contributed by atoms with Gasteiger partial charge in [-0.25, -0.2) is 23.1 Å². The number of anilines is 5. The number of carbonyl (C=O) groups excluding carboxylic acids is 1. The number of hydrogen-bond acceptors (Lipinski definition) is 9.